The van der Waals surface area contributed by atoms with Crippen LogP contribution in [0.3, 0.4) is 0 Å². The van der Waals surface area contributed by atoms with Crippen molar-refractivity contribution < 1.29 is 4.42 Å². The molecule has 0 aliphatic carbocycles. The highest BCUT2D eigenvalue weighted by Crippen LogP contribution is 2.48. The molecule has 0 radical (unpaired) electrons. The van der Waals surface area contributed by atoms with E-state index < -0.39 is 0 Å². The van der Waals surface area contributed by atoms with Gasteiger partial charge in [0.25, 0.3) is 0 Å². The summed E-state index contributed by atoms with van der Waals surface area (Å²) in [5, 5.41) is 6.97. The van der Waals surface area contributed by atoms with Crippen LogP contribution in [0, 0.1) is 0 Å². The predicted octanol–water partition coefficient (Wildman–Crippen LogP) is 16.3. The molecule has 0 N–H and O–H groups in total. The molecule has 0 saturated carbocycles. The predicted molar refractivity (Wildman–Crippen MR) is 257 cm³/mol. The van der Waals surface area contributed by atoms with E-state index in [1.807, 2.05) is 0 Å². The van der Waals surface area contributed by atoms with E-state index in [0.717, 1.165) is 55.8 Å². The Morgan fingerprint density at radius 2 is 0.918 bits per heavy atom. The third kappa shape index (κ3) is 5.82. The van der Waals surface area contributed by atoms with Crippen LogP contribution in [0.25, 0.3) is 93.6 Å². The SMILES string of the molecule is c1ccc(-c2ccc(-c3ccc(N(c4ccccc4)c4ccc(-c5ccc6c(c5)c5ccccc5n6-c5ccccc5)c5oc6ccc7ccccc7c6c45)cc3)cc2)cc1. The Kier molecular flexibility index (Phi) is 8.17. The normalized spacial score (nSPS) is 11.6. The van der Waals surface area contributed by atoms with Gasteiger partial charge in [0.15, 0.2) is 0 Å². The molecule has 0 bridgehead atoms. The summed E-state index contributed by atoms with van der Waals surface area (Å²) in [4.78, 5) is 2.38. The zero-order valence-electron chi connectivity index (χ0n) is 33.2. The van der Waals surface area contributed by atoms with E-state index in [0.29, 0.717) is 0 Å². The fourth-order valence-corrected chi connectivity index (χ4v) is 9.33. The maximum atomic E-state index is 7.07. The van der Waals surface area contributed by atoms with E-state index in [-0.39, 0.29) is 0 Å². The first kappa shape index (κ1) is 34.9. The van der Waals surface area contributed by atoms with Crippen molar-refractivity contribution >= 4 is 71.6 Å². The molecule has 0 unspecified atom stereocenters. The van der Waals surface area contributed by atoms with E-state index in [2.05, 4.69) is 240 Å². The van der Waals surface area contributed by atoms with Crippen molar-refractivity contribution in [2.75, 3.05) is 4.90 Å². The molecular weight excluding hydrogens is 741 g/mol. The van der Waals surface area contributed by atoms with Gasteiger partial charge in [-0.3, -0.25) is 0 Å². The van der Waals surface area contributed by atoms with Gasteiger partial charge < -0.3 is 13.9 Å². The minimum atomic E-state index is 0.867. The molecule has 61 heavy (non-hydrogen) atoms. The monoisotopic (exact) mass is 778 g/mol. The molecule has 12 aromatic rings. The van der Waals surface area contributed by atoms with Gasteiger partial charge in [-0.25, -0.2) is 0 Å². The number of aromatic nitrogens is 1. The molecule has 2 aromatic heterocycles. The number of nitrogens with zero attached hydrogens (tertiary/aromatic N) is 2. The summed E-state index contributed by atoms with van der Waals surface area (Å²) in [6, 6.07) is 82.7. The van der Waals surface area contributed by atoms with E-state index in [1.54, 1.807) is 0 Å². The number of hydrogen-bond donors (Lipinski definition) is 0. The first-order valence-corrected chi connectivity index (χ1v) is 20.8. The van der Waals surface area contributed by atoms with Gasteiger partial charge in [0.2, 0.25) is 0 Å². The quantitative estimate of drug-likeness (QED) is 0.161. The number of furan rings is 1. The van der Waals surface area contributed by atoms with Crippen LogP contribution in [0.4, 0.5) is 17.1 Å². The van der Waals surface area contributed by atoms with Crippen LogP contribution in [-0.2, 0) is 0 Å². The number of fused-ring (bicyclic) bond motifs is 8. The molecule has 12 rings (SSSR count). The summed E-state index contributed by atoms with van der Waals surface area (Å²) in [5.41, 5.74) is 15.4. The number of rotatable bonds is 7. The van der Waals surface area contributed by atoms with Crippen molar-refractivity contribution in [1.29, 1.82) is 0 Å². The number of hydrogen-bond acceptors (Lipinski definition) is 2. The van der Waals surface area contributed by atoms with Gasteiger partial charge in [0.05, 0.1) is 22.1 Å². The van der Waals surface area contributed by atoms with Crippen molar-refractivity contribution in [2.24, 2.45) is 0 Å². The molecule has 0 fully saturated rings. The number of anilines is 3. The van der Waals surface area contributed by atoms with Crippen LogP contribution in [0.1, 0.15) is 0 Å². The van der Waals surface area contributed by atoms with Crippen molar-refractivity contribution in [3.8, 4) is 39.1 Å². The molecule has 286 valence electrons. The van der Waals surface area contributed by atoms with Gasteiger partial charge in [-0.2, -0.15) is 0 Å². The maximum Gasteiger partial charge on any atom is 0.145 e. The van der Waals surface area contributed by atoms with Crippen LogP contribution in [0.2, 0.25) is 0 Å². The fraction of sp³-hybridized carbons (Fsp3) is 0. The Bertz CT molecular complexity index is 3550. The molecule has 0 aliphatic heterocycles. The van der Waals surface area contributed by atoms with E-state index in [1.165, 1.54) is 54.8 Å². The highest BCUT2D eigenvalue weighted by Gasteiger charge is 2.24. The van der Waals surface area contributed by atoms with Gasteiger partial charge in [0.1, 0.15) is 11.2 Å². The summed E-state index contributed by atoms with van der Waals surface area (Å²) < 4.78 is 9.43. The van der Waals surface area contributed by atoms with Crippen LogP contribution in [0.15, 0.2) is 235 Å². The van der Waals surface area contributed by atoms with Crippen molar-refractivity contribution in [2.45, 2.75) is 0 Å². The molecule has 0 amide bonds. The zero-order valence-corrected chi connectivity index (χ0v) is 33.2. The summed E-state index contributed by atoms with van der Waals surface area (Å²) in [7, 11) is 0. The van der Waals surface area contributed by atoms with Gasteiger partial charge in [0, 0.05) is 38.8 Å². The lowest BCUT2D eigenvalue weighted by Gasteiger charge is -2.27. The van der Waals surface area contributed by atoms with Crippen LogP contribution < -0.4 is 4.90 Å². The summed E-state index contributed by atoms with van der Waals surface area (Å²) >= 11 is 0. The molecule has 0 aliphatic rings. The van der Waals surface area contributed by atoms with Gasteiger partial charge in [-0.15, -0.1) is 0 Å². The second-order valence-corrected chi connectivity index (χ2v) is 15.7. The molecule has 3 nitrogen and oxygen atoms in total. The lowest BCUT2D eigenvalue weighted by Crippen LogP contribution is -2.10. The Balaban J connectivity index is 1.05. The van der Waals surface area contributed by atoms with E-state index in [4.69, 9.17) is 4.42 Å². The molecule has 2 heterocycles. The molecule has 10 aromatic carbocycles. The second kappa shape index (κ2) is 14.3. The first-order valence-electron chi connectivity index (χ1n) is 20.8. The zero-order chi connectivity index (χ0) is 40.3. The average molecular weight is 779 g/mol. The lowest BCUT2D eigenvalue weighted by atomic mass is 9.96. The summed E-state index contributed by atoms with van der Waals surface area (Å²) in [5.74, 6) is 0. The Hall–Kier alpha value is -8.14. The first-order chi connectivity index (χ1) is 30.3. The average Bonchev–Trinajstić information content (AvgIpc) is 3.90. The molecule has 0 spiro atoms. The number of para-hydroxylation sites is 3. The summed E-state index contributed by atoms with van der Waals surface area (Å²) in [6.45, 7) is 0. The van der Waals surface area contributed by atoms with E-state index in [9.17, 15) is 0 Å². The smallest absolute Gasteiger partial charge is 0.145 e. The Morgan fingerprint density at radius 1 is 0.361 bits per heavy atom. The molecular formula is C58H38N2O. The maximum absolute atomic E-state index is 7.07. The second-order valence-electron chi connectivity index (χ2n) is 15.7. The molecule has 3 heteroatoms. The van der Waals surface area contributed by atoms with Crippen molar-refractivity contribution in [3.63, 3.8) is 0 Å². The van der Waals surface area contributed by atoms with Gasteiger partial charge in [-0.05, 0) is 111 Å². The summed E-state index contributed by atoms with van der Waals surface area (Å²) in [6.07, 6.45) is 0. The van der Waals surface area contributed by atoms with Gasteiger partial charge >= 0.3 is 0 Å². The Labute approximate surface area is 353 Å². The van der Waals surface area contributed by atoms with Gasteiger partial charge in [-0.1, -0.05) is 158 Å². The standard InChI is InChI=1S/C58H38N2O/c1-4-14-39(15-5-1)40-24-26-41(27-25-40)42-28-32-47(33-29-42)59(45-17-6-2-7-18-45)54-36-34-49(58-57(54)56-48-21-11-10-16-43(48)31-37-55(56)61-58)44-30-35-53-51(38-44)50-22-12-13-23-52(50)60(53)46-19-8-3-9-20-46/h1-38H. The Morgan fingerprint density at radius 3 is 1.66 bits per heavy atom. The van der Waals surface area contributed by atoms with E-state index >= 15 is 0 Å². The fourth-order valence-electron chi connectivity index (χ4n) is 9.33. The van der Waals surface area contributed by atoms with Crippen LogP contribution in [-0.4, -0.2) is 4.57 Å². The molecule has 0 saturated heterocycles. The third-order valence-electron chi connectivity index (χ3n) is 12.2. The minimum Gasteiger partial charge on any atom is -0.455 e. The minimum absolute atomic E-state index is 0.867. The van der Waals surface area contributed by atoms with Crippen LogP contribution in [0.5, 0.6) is 0 Å². The van der Waals surface area contributed by atoms with Crippen molar-refractivity contribution in [1.82, 2.24) is 4.57 Å². The van der Waals surface area contributed by atoms with Crippen LogP contribution >= 0.6 is 0 Å². The third-order valence-corrected chi connectivity index (χ3v) is 12.2. The topological polar surface area (TPSA) is 21.3 Å². The highest BCUT2D eigenvalue weighted by molar-refractivity contribution is 6.25. The number of benzene rings is 10. The van der Waals surface area contributed by atoms with Crippen molar-refractivity contribution in [3.05, 3.63) is 231 Å². The largest absolute Gasteiger partial charge is 0.455 e. The molecule has 0 atom stereocenters. The lowest BCUT2D eigenvalue weighted by molar-refractivity contribution is 0.670. The highest BCUT2D eigenvalue weighted by atomic mass is 16.3.